The van der Waals surface area contributed by atoms with Crippen molar-refractivity contribution in [2.24, 2.45) is 0 Å². The minimum Gasteiger partial charge on any atom is -0.463 e. The first-order valence-corrected chi connectivity index (χ1v) is 22.0. The van der Waals surface area contributed by atoms with Gasteiger partial charge in [0.05, 0.1) is 139 Å². The molecule has 13 heteroatoms. The Balaban J connectivity index is 1.01. The minimum atomic E-state index is -0.756. The number of hydrogen-bond acceptors (Lipinski definition) is 13. The van der Waals surface area contributed by atoms with Crippen LogP contribution < -0.4 is 0 Å². The molecule has 0 saturated carbocycles. The first-order chi connectivity index (χ1) is 30.3. The lowest BCUT2D eigenvalue weighted by atomic mass is 9.80. The number of carbonyl (C=O) groups excluding carboxylic acids is 1. The molecule has 13 nitrogen and oxygen atoms in total. The molecule has 0 unspecified atom stereocenters. The van der Waals surface area contributed by atoms with Gasteiger partial charge in [0, 0.05) is 6.42 Å². The molecule has 3 aromatic carbocycles. The molecule has 3 rings (SSSR count). The maximum atomic E-state index is 11.6. The van der Waals surface area contributed by atoms with Crippen molar-refractivity contribution in [2.75, 3.05) is 145 Å². The van der Waals surface area contributed by atoms with E-state index in [4.69, 9.17) is 56.8 Å². The molecule has 0 aliphatic rings. The van der Waals surface area contributed by atoms with E-state index in [2.05, 4.69) is 43.3 Å². The van der Waals surface area contributed by atoms with Crippen LogP contribution in [0, 0.1) is 0 Å². The van der Waals surface area contributed by atoms with Crippen LogP contribution in [0.25, 0.3) is 0 Å². The number of benzene rings is 3. The van der Waals surface area contributed by atoms with Gasteiger partial charge in [-0.3, -0.25) is 4.79 Å². The monoisotopic (exact) mass is 856 g/mol. The highest BCUT2D eigenvalue weighted by atomic mass is 16.6. The van der Waals surface area contributed by atoms with Crippen LogP contribution in [0.15, 0.2) is 91.0 Å². The molecule has 0 N–H and O–H groups in total. The summed E-state index contributed by atoms with van der Waals surface area (Å²) in [5.74, 6) is -0.154. The second kappa shape index (κ2) is 37.3. The minimum absolute atomic E-state index is 0.154. The van der Waals surface area contributed by atoms with Crippen molar-refractivity contribution in [3.05, 3.63) is 108 Å². The lowest BCUT2D eigenvalue weighted by Gasteiger charge is -2.36. The van der Waals surface area contributed by atoms with E-state index in [1.165, 1.54) is 0 Å². The third-order valence-electron chi connectivity index (χ3n) is 9.16. The van der Waals surface area contributed by atoms with Crippen LogP contribution >= 0.6 is 0 Å². The summed E-state index contributed by atoms with van der Waals surface area (Å²) in [5, 5.41) is 0. The number of hydrogen-bond donors (Lipinski definition) is 0. The summed E-state index contributed by atoms with van der Waals surface area (Å²) < 4.78 is 67.5. The molecule has 0 aromatic heterocycles. The van der Waals surface area contributed by atoms with Gasteiger partial charge in [-0.25, -0.2) is 0 Å². The molecular formula is C48H72O13. The molecule has 342 valence electrons. The number of ether oxygens (including phenoxy) is 12. The highest BCUT2D eigenvalue weighted by Gasteiger charge is 2.37. The Labute approximate surface area is 364 Å². The Kier molecular flexibility index (Phi) is 31.8. The molecular weight excluding hydrogens is 785 g/mol. The first kappa shape index (κ1) is 52.0. The quantitative estimate of drug-likeness (QED) is 0.0342. The molecule has 0 fully saturated rings. The van der Waals surface area contributed by atoms with Crippen LogP contribution in [0.2, 0.25) is 0 Å². The van der Waals surface area contributed by atoms with E-state index < -0.39 is 5.60 Å². The molecule has 0 amide bonds. The molecule has 0 saturated heterocycles. The van der Waals surface area contributed by atoms with Gasteiger partial charge in [-0.1, -0.05) is 117 Å². The van der Waals surface area contributed by atoms with Crippen LogP contribution in [0.1, 0.15) is 55.7 Å². The maximum Gasteiger partial charge on any atom is 0.305 e. The third-order valence-corrected chi connectivity index (χ3v) is 9.16. The summed E-state index contributed by atoms with van der Waals surface area (Å²) in [6, 6.07) is 31.0. The van der Waals surface area contributed by atoms with Crippen LogP contribution in [-0.2, 0) is 67.2 Å². The van der Waals surface area contributed by atoms with E-state index in [9.17, 15) is 4.79 Å². The van der Waals surface area contributed by atoms with E-state index in [0.717, 1.165) is 42.4 Å². The third kappa shape index (κ3) is 24.8. The molecule has 0 aliphatic carbocycles. The smallest absolute Gasteiger partial charge is 0.305 e. The van der Waals surface area contributed by atoms with Crippen molar-refractivity contribution < 1.29 is 61.6 Å². The highest BCUT2D eigenvalue weighted by molar-refractivity contribution is 5.69. The molecule has 0 heterocycles. The van der Waals surface area contributed by atoms with Gasteiger partial charge in [0.25, 0.3) is 0 Å². The molecule has 0 spiro atoms. The Morgan fingerprint density at radius 1 is 0.361 bits per heavy atom. The van der Waals surface area contributed by atoms with Gasteiger partial charge in [-0.05, 0) is 23.1 Å². The second-order valence-corrected chi connectivity index (χ2v) is 13.8. The summed E-state index contributed by atoms with van der Waals surface area (Å²) in [6.07, 6.45) is 4.74. The summed E-state index contributed by atoms with van der Waals surface area (Å²) in [5.41, 5.74) is 2.44. The zero-order valence-electron chi connectivity index (χ0n) is 36.6. The second-order valence-electron chi connectivity index (χ2n) is 13.8. The van der Waals surface area contributed by atoms with Gasteiger partial charge in [0.2, 0.25) is 0 Å². The van der Waals surface area contributed by atoms with Crippen LogP contribution in [-0.4, -0.2) is 151 Å². The van der Waals surface area contributed by atoms with E-state index in [0.29, 0.717) is 145 Å². The largest absolute Gasteiger partial charge is 0.463 e. The molecule has 61 heavy (non-hydrogen) atoms. The summed E-state index contributed by atoms with van der Waals surface area (Å²) in [6.45, 7) is 12.3. The van der Waals surface area contributed by atoms with Crippen molar-refractivity contribution in [1.29, 1.82) is 0 Å². The highest BCUT2D eigenvalue weighted by Crippen LogP contribution is 2.40. The molecule has 0 aliphatic heterocycles. The van der Waals surface area contributed by atoms with Crippen LogP contribution in [0.3, 0.4) is 0 Å². The standard InChI is InChI=1S/C48H72O13/c1-2-3-4-14-21-47(49)60-42-40-58-38-36-56-34-32-54-30-28-52-26-24-50-22-23-51-25-27-53-29-31-55-33-35-57-37-39-59-41-43-61-48(44-15-8-5-9-16-44,45-17-10-6-11-18-45)46-19-12-7-13-20-46/h5-13,15-20H,2-4,14,21-43H2,1H3. The first-order valence-electron chi connectivity index (χ1n) is 22.0. The number of rotatable bonds is 42. The Morgan fingerprint density at radius 3 is 0.934 bits per heavy atom. The molecule has 3 aromatic rings. The fourth-order valence-corrected chi connectivity index (χ4v) is 6.09. The lowest BCUT2D eigenvalue weighted by molar-refractivity contribution is -0.145. The fraction of sp³-hybridized carbons (Fsp3) is 0.604. The van der Waals surface area contributed by atoms with Crippen LogP contribution in [0.4, 0.5) is 0 Å². The average molecular weight is 857 g/mol. The lowest BCUT2D eigenvalue weighted by Crippen LogP contribution is -2.34. The van der Waals surface area contributed by atoms with Crippen molar-refractivity contribution in [3.63, 3.8) is 0 Å². The SMILES string of the molecule is CCCCCCC(=O)OCCOCCOCCOCCOCCOCCOCCOCCOCCOCCOCCOC(c1ccccc1)(c1ccccc1)c1ccccc1. The summed E-state index contributed by atoms with van der Waals surface area (Å²) in [4.78, 5) is 11.6. The van der Waals surface area contributed by atoms with Gasteiger partial charge < -0.3 is 56.8 Å². The predicted octanol–water partition coefficient (Wildman–Crippen LogP) is 6.67. The Bertz CT molecular complexity index is 1300. The zero-order chi connectivity index (χ0) is 43.0. The van der Waals surface area contributed by atoms with E-state index >= 15 is 0 Å². The van der Waals surface area contributed by atoms with Crippen molar-refractivity contribution in [2.45, 2.75) is 44.6 Å². The normalized spacial score (nSPS) is 11.6. The van der Waals surface area contributed by atoms with Gasteiger partial charge in [0.15, 0.2) is 0 Å². The average Bonchev–Trinajstić information content (AvgIpc) is 3.30. The number of carbonyl (C=O) groups is 1. The number of esters is 1. The van der Waals surface area contributed by atoms with Gasteiger partial charge in [-0.2, -0.15) is 0 Å². The number of unbranched alkanes of at least 4 members (excludes halogenated alkanes) is 3. The Morgan fingerprint density at radius 2 is 0.639 bits per heavy atom. The van der Waals surface area contributed by atoms with Gasteiger partial charge in [-0.15, -0.1) is 0 Å². The van der Waals surface area contributed by atoms with Crippen molar-refractivity contribution >= 4 is 5.97 Å². The summed E-state index contributed by atoms with van der Waals surface area (Å²) in [7, 11) is 0. The molecule has 0 atom stereocenters. The van der Waals surface area contributed by atoms with Gasteiger partial charge >= 0.3 is 5.97 Å². The predicted molar refractivity (Wildman–Crippen MR) is 233 cm³/mol. The van der Waals surface area contributed by atoms with Gasteiger partial charge in [0.1, 0.15) is 12.2 Å². The van der Waals surface area contributed by atoms with Crippen molar-refractivity contribution in [1.82, 2.24) is 0 Å². The maximum absolute atomic E-state index is 11.6. The topological polar surface area (TPSA) is 128 Å². The Hall–Kier alpha value is -3.31. The van der Waals surface area contributed by atoms with E-state index in [-0.39, 0.29) is 12.6 Å². The fourth-order valence-electron chi connectivity index (χ4n) is 6.09. The van der Waals surface area contributed by atoms with E-state index in [1.54, 1.807) is 0 Å². The van der Waals surface area contributed by atoms with E-state index in [1.807, 2.05) is 54.6 Å². The zero-order valence-corrected chi connectivity index (χ0v) is 36.6. The van der Waals surface area contributed by atoms with Crippen molar-refractivity contribution in [3.8, 4) is 0 Å². The molecule has 0 radical (unpaired) electrons. The molecule has 0 bridgehead atoms. The summed E-state index contributed by atoms with van der Waals surface area (Å²) >= 11 is 0. The van der Waals surface area contributed by atoms with Crippen LogP contribution in [0.5, 0.6) is 0 Å².